The molecule has 6 nitrogen and oxygen atoms in total. The fourth-order valence-electron chi connectivity index (χ4n) is 2.42. The molecule has 0 saturated carbocycles. The second-order valence-corrected chi connectivity index (χ2v) is 5.70. The Morgan fingerprint density at radius 1 is 1.23 bits per heavy atom. The lowest BCUT2D eigenvalue weighted by Gasteiger charge is -2.11. The van der Waals surface area contributed by atoms with Gasteiger partial charge in [-0.15, -0.1) is 0 Å². The maximum atomic E-state index is 11.8. The van der Waals surface area contributed by atoms with E-state index in [9.17, 15) is 9.90 Å². The van der Waals surface area contributed by atoms with Crippen LogP contribution in [0.5, 0.6) is 17.2 Å². The van der Waals surface area contributed by atoms with Crippen molar-refractivity contribution in [3.8, 4) is 23.3 Å². The monoisotopic (exact) mass is 354 g/mol. The van der Waals surface area contributed by atoms with Gasteiger partial charge >= 0.3 is 0 Å². The molecule has 0 heterocycles. The number of phenolic OH excluding ortho intramolecular Hbond substituents is 1. The average molecular weight is 354 g/mol. The van der Waals surface area contributed by atoms with E-state index in [4.69, 9.17) is 14.7 Å². The molecule has 0 fully saturated rings. The quantitative estimate of drug-likeness (QED) is 0.676. The van der Waals surface area contributed by atoms with Gasteiger partial charge in [0, 0.05) is 19.0 Å². The van der Waals surface area contributed by atoms with Gasteiger partial charge in [-0.3, -0.25) is 4.79 Å². The largest absolute Gasteiger partial charge is 0.508 e. The number of benzene rings is 2. The molecular formula is C20H22N2O4. The summed E-state index contributed by atoms with van der Waals surface area (Å²) in [6.45, 7) is 0.898. The lowest BCUT2D eigenvalue weighted by Crippen LogP contribution is -2.25. The van der Waals surface area contributed by atoms with Crippen molar-refractivity contribution in [2.75, 3.05) is 20.3 Å². The van der Waals surface area contributed by atoms with Crippen LogP contribution in [0.3, 0.4) is 0 Å². The molecule has 0 spiro atoms. The first kappa shape index (κ1) is 19.1. The van der Waals surface area contributed by atoms with Gasteiger partial charge in [0.2, 0.25) is 5.91 Å². The molecule has 2 aromatic carbocycles. The number of nitrogens with zero attached hydrogens (tertiary/aromatic N) is 1. The number of phenols is 1. The highest BCUT2D eigenvalue weighted by molar-refractivity contribution is 5.75. The molecule has 0 aliphatic carbocycles. The molecule has 0 bridgehead atoms. The van der Waals surface area contributed by atoms with Crippen molar-refractivity contribution >= 4 is 5.91 Å². The lowest BCUT2D eigenvalue weighted by molar-refractivity contribution is -0.121. The minimum absolute atomic E-state index is 0.0412. The van der Waals surface area contributed by atoms with E-state index in [1.54, 1.807) is 36.4 Å². The number of hydrogen-bond donors (Lipinski definition) is 2. The van der Waals surface area contributed by atoms with Crippen molar-refractivity contribution in [3.63, 3.8) is 0 Å². The van der Waals surface area contributed by atoms with Crippen molar-refractivity contribution in [3.05, 3.63) is 53.6 Å². The molecule has 2 aromatic rings. The summed E-state index contributed by atoms with van der Waals surface area (Å²) < 4.78 is 10.8. The minimum atomic E-state index is -0.0412. The van der Waals surface area contributed by atoms with E-state index in [1.165, 1.54) is 7.11 Å². The normalized spacial score (nSPS) is 10.0. The van der Waals surface area contributed by atoms with Crippen LogP contribution in [0.15, 0.2) is 42.5 Å². The van der Waals surface area contributed by atoms with Gasteiger partial charge in [0.1, 0.15) is 5.75 Å². The van der Waals surface area contributed by atoms with Crippen molar-refractivity contribution in [2.45, 2.75) is 19.3 Å². The summed E-state index contributed by atoms with van der Waals surface area (Å²) in [5.74, 6) is 1.24. The number of nitriles is 1. The van der Waals surface area contributed by atoms with Crippen LogP contribution in [0.4, 0.5) is 0 Å². The summed E-state index contributed by atoms with van der Waals surface area (Å²) in [6, 6.07) is 14.0. The Kier molecular flexibility index (Phi) is 7.31. The highest BCUT2D eigenvalue weighted by Crippen LogP contribution is 2.27. The molecule has 136 valence electrons. The smallest absolute Gasteiger partial charge is 0.220 e. The van der Waals surface area contributed by atoms with Crippen molar-refractivity contribution in [1.29, 1.82) is 5.26 Å². The van der Waals surface area contributed by atoms with E-state index in [0.717, 1.165) is 5.56 Å². The molecule has 2 N–H and O–H groups in total. The second kappa shape index (κ2) is 9.94. The third-order valence-electron chi connectivity index (χ3n) is 3.74. The fraction of sp³-hybridized carbons (Fsp3) is 0.300. The number of ether oxygens (including phenoxy) is 2. The number of aromatic hydroxyl groups is 1. The van der Waals surface area contributed by atoms with Gasteiger partial charge in [-0.1, -0.05) is 12.1 Å². The molecule has 0 atom stereocenters. The van der Waals surface area contributed by atoms with Crippen molar-refractivity contribution in [2.24, 2.45) is 0 Å². The number of methoxy groups -OCH3 is 1. The van der Waals surface area contributed by atoms with E-state index in [0.29, 0.717) is 49.5 Å². The molecule has 0 unspecified atom stereocenters. The predicted octanol–water partition coefficient (Wildman–Crippen LogP) is 2.79. The van der Waals surface area contributed by atoms with E-state index in [-0.39, 0.29) is 11.7 Å². The van der Waals surface area contributed by atoms with Crippen molar-refractivity contribution < 1.29 is 19.4 Å². The van der Waals surface area contributed by atoms with Gasteiger partial charge in [-0.05, 0) is 42.7 Å². The first-order chi connectivity index (χ1) is 12.6. The molecule has 6 heteroatoms. The Morgan fingerprint density at radius 2 is 2.08 bits per heavy atom. The maximum Gasteiger partial charge on any atom is 0.220 e. The zero-order valence-corrected chi connectivity index (χ0v) is 14.7. The van der Waals surface area contributed by atoms with Gasteiger partial charge in [0.15, 0.2) is 11.5 Å². The summed E-state index contributed by atoms with van der Waals surface area (Å²) in [4.78, 5) is 11.8. The Bertz CT molecular complexity index is 784. The number of hydrogen-bond acceptors (Lipinski definition) is 5. The molecule has 2 rings (SSSR count). The SMILES string of the molecule is COc1cc(C#N)ccc1OCCCC(=O)NCCc1cccc(O)c1. The zero-order chi connectivity index (χ0) is 18.8. The number of carbonyl (C=O) groups excluding carboxylic acids is 1. The van der Waals surface area contributed by atoms with Gasteiger partial charge in [0.05, 0.1) is 25.3 Å². The lowest BCUT2D eigenvalue weighted by atomic mass is 10.1. The molecule has 26 heavy (non-hydrogen) atoms. The van der Waals surface area contributed by atoms with Crippen molar-refractivity contribution in [1.82, 2.24) is 5.32 Å². The molecule has 0 aromatic heterocycles. The van der Waals surface area contributed by atoms with Crippen LogP contribution in [0, 0.1) is 11.3 Å². The average Bonchev–Trinajstić information content (AvgIpc) is 2.65. The Labute approximate surface area is 153 Å². The Hall–Kier alpha value is -3.20. The molecule has 0 radical (unpaired) electrons. The van der Waals surface area contributed by atoms with E-state index < -0.39 is 0 Å². The Balaban J connectivity index is 1.66. The molecule has 1 amide bonds. The molecule has 0 saturated heterocycles. The topological polar surface area (TPSA) is 91.6 Å². The van der Waals surface area contributed by atoms with Crippen LogP contribution in [0.25, 0.3) is 0 Å². The van der Waals surface area contributed by atoms with Crippen LogP contribution in [-0.2, 0) is 11.2 Å². The van der Waals surface area contributed by atoms with Gasteiger partial charge in [0.25, 0.3) is 0 Å². The van der Waals surface area contributed by atoms with Crippen LogP contribution in [0.1, 0.15) is 24.0 Å². The third kappa shape index (κ3) is 6.02. The highest BCUT2D eigenvalue weighted by Gasteiger charge is 2.07. The standard InChI is InChI=1S/C20H22N2O4/c1-25-19-13-16(14-21)7-8-18(19)26-11-3-6-20(24)22-10-9-15-4-2-5-17(23)12-15/h2,4-5,7-8,12-13,23H,3,6,9-11H2,1H3,(H,22,24). The van der Waals surface area contributed by atoms with Gasteiger partial charge in [-0.25, -0.2) is 0 Å². The minimum Gasteiger partial charge on any atom is -0.508 e. The summed E-state index contributed by atoms with van der Waals surface area (Å²) in [6.07, 6.45) is 1.60. The van der Waals surface area contributed by atoms with Gasteiger partial charge < -0.3 is 19.9 Å². The van der Waals surface area contributed by atoms with E-state index >= 15 is 0 Å². The number of amides is 1. The van der Waals surface area contributed by atoms with Crippen LogP contribution >= 0.6 is 0 Å². The summed E-state index contributed by atoms with van der Waals surface area (Å²) in [5.41, 5.74) is 1.47. The van der Waals surface area contributed by atoms with Crippen LogP contribution < -0.4 is 14.8 Å². The maximum absolute atomic E-state index is 11.8. The highest BCUT2D eigenvalue weighted by atomic mass is 16.5. The molecule has 0 aliphatic heterocycles. The summed E-state index contributed by atoms with van der Waals surface area (Å²) >= 11 is 0. The number of nitrogens with one attached hydrogen (secondary N) is 1. The van der Waals surface area contributed by atoms with E-state index in [2.05, 4.69) is 5.32 Å². The Morgan fingerprint density at radius 3 is 2.81 bits per heavy atom. The van der Waals surface area contributed by atoms with Crippen LogP contribution in [-0.4, -0.2) is 31.3 Å². The van der Waals surface area contributed by atoms with Crippen LogP contribution in [0.2, 0.25) is 0 Å². The number of carbonyl (C=O) groups is 1. The number of rotatable bonds is 9. The predicted molar refractivity (Wildman–Crippen MR) is 97.3 cm³/mol. The fourth-order valence-corrected chi connectivity index (χ4v) is 2.42. The zero-order valence-electron chi connectivity index (χ0n) is 14.7. The second-order valence-electron chi connectivity index (χ2n) is 5.70. The first-order valence-electron chi connectivity index (χ1n) is 8.38. The summed E-state index contributed by atoms with van der Waals surface area (Å²) in [5, 5.41) is 21.1. The van der Waals surface area contributed by atoms with Gasteiger partial charge in [-0.2, -0.15) is 5.26 Å². The molecule has 0 aliphatic rings. The third-order valence-corrected chi connectivity index (χ3v) is 3.74. The molecular weight excluding hydrogens is 332 g/mol. The van der Waals surface area contributed by atoms with E-state index in [1.807, 2.05) is 12.1 Å². The first-order valence-corrected chi connectivity index (χ1v) is 8.38. The summed E-state index contributed by atoms with van der Waals surface area (Å²) in [7, 11) is 1.52.